The number of carbonyl (C=O) groups is 1. The third kappa shape index (κ3) is 4.31. The lowest BCUT2D eigenvalue weighted by Crippen LogP contribution is -2.22. The fourth-order valence-corrected chi connectivity index (χ4v) is 2.72. The van der Waals surface area contributed by atoms with Crippen molar-refractivity contribution >= 4 is 17.4 Å². The van der Waals surface area contributed by atoms with Crippen LogP contribution in [0.3, 0.4) is 0 Å². The van der Waals surface area contributed by atoms with E-state index in [4.69, 9.17) is 0 Å². The van der Waals surface area contributed by atoms with Crippen LogP contribution in [-0.4, -0.2) is 17.4 Å². The molecular formula is C21H18F3N3O. The predicted octanol–water partition coefficient (Wildman–Crippen LogP) is 4.78. The number of hydrogen-bond acceptors (Lipinski definition) is 3. The van der Waals surface area contributed by atoms with Gasteiger partial charge in [0.05, 0.1) is 17.4 Å². The van der Waals surface area contributed by atoms with E-state index in [9.17, 15) is 18.0 Å². The highest BCUT2D eigenvalue weighted by Gasteiger charge is 2.19. The fraction of sp³-hybridized carbons (Fsp3) is 0.143. The lowest BCUT2D eigenvalue weighted by molar-refractivity contribution is 0.102. The molecule has 2 aromatic carbocycles. The molecule has 7 heteroatoms. The van der Waals surface area contributed by atoms with Gasteiger partial charge in [-0.2, -0.15) is 0 Å². The Balaban J connectivity index is 1.72. The van der Waals surface area contributed by atoms with Gasteiger partial charge in [0, 0.05) is 13.1 Å². The zero-order valence-corrected chi connectivity index (χ0v) is 15.1. The van der Waals surface area contributed by atoms with Gasteiger partial charge in [-0.3, -0.25) is 4.79 Å². The highest BCUT2D eigenvalue weighted by molar-refractivity contribution is 6.04. The van der Waals surface area contributed by atoms with Crippen LogP contribution in [-0.2, 0) is 6.54 Å². The van der Waals surface area contributed by atoms with Crippen molar-refractivity contribution in [3.05, 3.63) is 89.4 Å². The van der Waals surface area contributed by atoms with E-state index in [0.29, 0.717) is 12.6 Å². The Labute approximate surface area is 160 Å². The molecule has 4 nitrogen and oxygen atoms in total. The highest BCUT2D eigenvalue weighted by Crippen LogP contribution is 2.20. The van der Waals surface area contributed by atoms with Crippen LogP contribution >= 0.6 is 0 Å². The van der Waals surface area contributed by atoms with Gasteiger partial charge in [-0.15, -0.1) is 0 Å². The lowest BCUT2D eigenvalue weighted by Gasteiger charge is -2.23. The van der Waals surface area contributed by atoms with E-state index >= 15 is 0 Å². The first-order chi connectivity index (χ1) is 13.5. The summed E-state index contributed by atoms with van der Waals surface area (Å²) in [4.78, 5) is 18.4. The summed E-state index contributed by atoms with van der Waals surface area (Å²) < 4.78 is 40.0. The molecule has 0 saturated carbocycles. The van der Waals surface area contributed by atoms with E-state index in [-0.39, 0.29) is 5.82 Å². The van der Waals surface area contributed by atoms with Gasteiger partial charge < -0.3 is 10.2 Å². The zero-order valence-electron chi connectivity index (χ0n) is 15.1. The molecule has 28 heavy (non-hydrogen) atoms. The van der Waals surface area contributed by atoms with E-state index in [1.54, 1.807) is 18.3 Å². The van der Waals surface area contributed by atoms with Gasteiger partial charge >= 0.3 is 0 Å². The molecular weight excluding hydrogens is 367 g/mol. The first-order valence-corrected chi connectivity index (χ1v) is 8.69. The van der Waals surface area contributed by atoms with Crippen LogP contribution in [0.5, 0.6) is 0 Å². The molecule has 3 rings (SSSR count). The van der Waals surface area contributed by atoms with E-state index in [0.717, 1.165) is 23.9 Å². The van der Waals surface area contributed by atoms with Gasteiger partial charge in [0.1, 0.15) is 5.82 Å². The van der Waals surface area contributed by atoms with Crippen molar-refractivity contribution in [1.82, 2.24) is 4.98 Å². The topological polar surface area (TPSA) is 45.2 Å². The summed E-state index contributed by atoms with van der Waals surface area (Å²) in [5.41, 5.74) is 1.41. The molecule has 144 valence electrons. The van der Waals surface area contributed by atoms with E-state index in [1.165, 1.54) is 0 Å². The van der Waals surface area contributed by atoms with Gasteiger partial charge in [0.15, 0.2) is 17.5 Å². The number of aromatic nitrogens is 1. The Morgan fingerprint density at radius 3 is 2.39 bits per heavy atom. The number of benzene rings is 2. The summed E-state index contributed by atoms with van der Waals surface area (Å²) in [6.07, 6.45) is 1.59. The van der Waals surface area contributed by atoms with Gasteiger partial charge in [0.25, 0.3) is 5.91 Å². The predicted molar refractivity (Wildman–Crippen MR) is 102 cm³/mol. The molecule has 1 N–H and O–H groups in total. The van der Waals surface area contributed by atoms with E-state index in [2.05, 4.69) is 15.2 Å². The second-order valence-corrected chi connectivity index (χ2v) is 6.08. The number of rotatable bonds is 6. The molecule has 0 unspecified atom stereocenters. The minimum absolute atomic E-state index is 0.175. The standard InChI is InChI=1S/C21H18F3N3O/c1-2-27(13-14-6-4-3-5-7-14)15-8-11-18(25-12-15)26-21(28)16-9-10-17(22)20(24)19(16)23/h3-12H,2,13H2,1H3,(H,25,26,28). The molecule has 0 aliphatic carbocycles. The second kappa shape index (κ2) is 8.56. The van der Waals surface area contributed by atoms with Gasteiger partial charge in [-0.05, 0) is 36.8 Å². The summed E-state index contributed by atoms with van der Waals surface area (Å²) >= 11 is 0. The molecule has 1 amide bonds. The van der Waals surface area contributed by atoms with Crippen molar-refractivity contribution in [2.24, 2.45) is 0 Å². The maximum Gasteiger partial charge on any atom is 0.259 e. The van der Waals surface area contributed by atoms with Crippen molar-refractivity contribution < 1.29 is 18.0 Å². The molecule has 1 heterocycles. The summed E-state index contributed by atoms with van der Waals surface area (Å²) in [5.74, 6) is -5.30. The first kappa shape index (κ1) is 19.4. The van der Waals surface area contributed by atoms with Crippen LogP contribution in [0, 0.1) is 17.5 Å². The minimum Gasteiger partial charge on any atom is -0.366 e. The number of pyridine rings is 1. The van der Waals surface area contributed by atoms with Crippen molar-refractivity contribution in [2.75, 3.05) is 16.8 Å². The van der Waals surface area contributed by atoms with Crippen molar-refractivity contribution in [1.29, 1.82) is 0 Å². The molecule has 0 saturated heterocycles. The monoisotopic (exact) mass is 385 g/mol. The Kier molecular flexibility index (Phi) is 5.93. The summed E-state index contributed by atoms with van der Waals surface area (Å²) in [6, 6.07) is 14.9. The Hall–Kier alpha value is -3.35. The Morgan fingerprint density at radius 2 is 1.75 bits per heavy atom. The lowest BCUT2D eigenvalue weighted by atomic mass is 10.2. The fourth-order valence-electron chi connectivity index (χ4n) is 2.72. The van der Waals surface area contributed by atoms with Crippen molar-refractivity contribution in [3.8, 4) is 0 Å². The number of hydrogen-bond donors (Lipinski definition) is 1. The van der Waals surface area contributed by atoms with Gasteiger partial charge in [-0.1, -0.05) is 30.3 Å². The molecule has 1 aromatic heterocycles. The van der Waals surface area contributed by atoms with Crippen molar-refractivity contribution in [3.63, 3.8) is 0 Å². The highest BCUT2D eigenvalue weighted by atomic mass is 19.2. The second-order valence-electron chi connectivity index (χ2n) is 6.08. The number of carbonyl (C=O) groups excluding carboxylic acids is 1. The number of halogens is 3. The summed E-state index contributed by atoms with van der Waals surface area (Å²) in [5, 5.41) is 2.38. The number of anilines is 2. The van der Waals surface area contributed by atoms with Crippen LogP contribution in [0.2, 0.25) is 0 Å². The normalized spacial score (nSPS) is 10.6. The number of amides is 1. The quantitative estimate of drug-likeness (QED) is 0.622. The largest absolute Gasteiger partial charge is 0.366 e. The third-order valence-electron chi connectivity index (χ3n) is 4.23. The van der Waals surface area contributed by atoms with Crippen molar-refractivity contribution in [2.45, 2.75) is 13.5 Å². The summed E-state index contributed by atoms with van der Waals surface area (Å²) in [7, 11) is 0. The van der Waals surface area contributed by atoms with Crippen LogP contribution in [0.25, 0.3) is 0 Å². The average molecular weight is 385 g/mol. The van der Waals surface area contributed by atoms with Crippen LogP contribution < -0.4 is 10.2 Å². The van der Waals surface area contributed by atoms with E-state index < -0.39 is 28.9 Å². The van der Waals surface area contributed by atoms with Crippen LogP contribution in [0.15, 0.2) is 60.8 Å². The SMILES string of the molecule is CCN(Cc1ccccc1)c1ccc(NC(=O)c2ccc(F)c(F)c2F)nc1. The smallest absolute Gasteiger partial charge is 0.259 e. The van der Waals surface area contributed by atoms with Gasteiger partial charge in [0.2, 0.25) is 0 Å². The third-order valence-corrected chi connectivity index (χ3v) is 4.23. The van der Waals surface area contributed by atoms with Crippen LogP contribution in [0.4, 0.5) is 24.7 Å². The maximum absolute atomic E-state index is 13.7. The van der Waals surface area contributed by atoms with E-state index in [1.807, 2.05) is 37.3 Å². The zero-order chi connectivity index (χ0) is 20.1. The average Bonchev–Trinajstić information content (AvgIpc) is 2.71. The molecule has 0 bridgehead atoms. The molecule has 0 aliphatic heterocycles. The Bertz CT molecular complexity index is 963. The first-order valence-electron chi connectivity index (χ1n) is 8.69. The molecule has 0 atom stereocenters. The maximum atomic E-state index is 13.7. The minimum atomic E-state index is -1.68. The molecule has 3 aromatic rings. The van der Waals surface area contributed by atoms with Crippen LogP contribution in [0.1, 0.15) is 22.8 Å². The summed E-state index contributed by atoms with van der Waals surface area (Å²) in [6.45, 7) is 3.47. The molecule has 0 spiro atoms. The number of nitrogens with one attached hydrogen (secondary N) is 1. The molecule has 0 fully saturated rings. The number of nitrogens with zero attached hydrogens (tertiary/aromatic N) is 2. The van der Waals surface area contributed by atoms with Gasteiger partial charge in [-0.25, -0.2) is 18.2 Å². The molecule has 0 radical (unpaired) electrons. The molecule has 0 aliphatic rings. The Morgan fingerprint density at radius 1 is 1.00 bits per heavy atom.